The maximum absolute atomic E-state index is 12.0. The van der Waals surface area contributed by atoms with Gasteiger partial charge in [-0.1, -0.05) is 117 Å². The van der Waals surface area contributed by atoms with Crippen molar-refractivity contribution in [3.63, 3.8) is 0 Å². The topological polar surface area (TPSA) is 63.1 Å². The fraction of sp³-hybridized carbons (Fsp3) is 0.389. The summed E-state index contributed by atoms with van der Waals surface area (Å²) in [5, 5.41) is 14.8. The largest absolute Gasteiger partial charge is 0.512 e. The summed E-state index contributed by atoms with van der Waals surface area (Å²) in [6.45, 7) is 20.6. The standard InChI is InChI=1S/C22H22N.C18H16N.C14H26O2.Ir/c1-15-11-16(2)13-20(12-15)22-21-8-7-18(17-5-3-4-6-17)14-19(21)9-10-23-22;1-12-4-5-17-15(9-12)6-7-19-18(17)16-10-13(2)8-14(3)11-16;1-6-11(7-2)12(15)10-13(16)14(5,8-3)9-4;/h7-12,14,17H,3-6H2,1-2H3;4-10H,1-3H3;10-11,15H,6-9H2,1-5H3;/q2*-1;;/b;;12-10-;. The molecule has 313 valence electrons. The Bertz CT molecular complexity index is 2320. The zero-order valence-electron chi connectivity index (χ0n) is 37.1. The van der Waals surface area contributed by atoms with E-state index in [0.717, 1.165) is 59.7 Å². The van der Waals surface area contributed by atoms with Crippen molar-refractivity contribution in [2.24, 2.45) is 11.3 Å². The van der Waals surface area contributed by atoms with Gasteiger partial charge in [-0.25, -0.2) is 0 Å². The minimum atomic E-state index is -0.319. The Hall–Kier alpha value is -4.44. The SMILES string of the molecule is CCC(CC)/C(O)=C/C(=O)C(C)(CC)CC.Cc1[c-]c(-c2nccc3cc(C)ccc23)cc(C)c1.Cc1[c-]c(-c2nccc3cc(C4CCCC4)ccc23)cc(C)c1.[Ir]. The van der Waals surface area contributed by atoms with Gasteiger partial charge in [-0.05, 0) is 102 Å². The van der Waals surface area contributed by atoms with E-state index in [1.807, 2.05) is 47.0 Å². The van der Waals surface area contributed by atoms with Gasteiger partial charge in [0, 0.05) is 49.9 Å². The molecular formula is C54H64IrN2O2-2. The minimum Gasteiger partial charge on any atom is -0.512 e. The predicted octanol–water partition coefficient (Wildman–Crippen LogP) is 14.9. The molecule has 1 aliphatic rings. The summed E-state index contributed by atoms with van der Waals surface area (Å²) >= 11 is 0. The van der Waals surface area contributed by atoms with Gasteiger partial charge in [0.2, 0.25) is 0 Å². The number of pyridine rings is 2. The average molecular weight is 965 g/mol. The van der Waals surface area contributed by atoms with Crippen LogP contribution in [0, 0.1) is 58.1 Å². The molecule has 0 amide bonds. The van der Waals surface area contributed by atoms with Crippen molar-refractivity contribution in [3.8, 4) is 22.5 Å². The summed E-state index contributed by atoms with van der Waals surface area (Å²) < 4.78 is 0. The molecule has 5 heteroatoms. The van der Waals surface area contributed by atoms with E-state index in [4.69, 9.17) is 0 Å². The van der Waals surface area contributed by atoms with Crippen LogP contribution in [0.15, 0.2) is 97.0 Å². The Kier molecular flexibility index (Phi) is 17.4. The Morgan fingerprint density at radius 2 is 1.20 bits per heavy atom. The van der Waals surface area contributed by atoms with E-state index in [-0.39, 0.29) is 43.0 Å². The molecule has 1 N–H and O–H groups in total. The Morgan fingerprint density at radius 1 is 0.712 bits per heavy atom. The van der Waals surface area contributed by atoms with E-state index in [1.54, 1.807) is 0 Å². The minimum absolute atomic E-state index is 0. The summed E-state index contributed by atoms with van der Waals surface area (Å²) in [7, 11) is 0. The van der Waals surface area contributed by atoms with Gasteiger partial charge in [0.1, 0.15) is 0 Å². The van der Waals surface area contributed by atoms with E-state index >= 15 is 0 Å². The van der Waals surface area contributed by atoms with Crippen molar-refractivity contribution in [2.45, 2.75) is 127 Å². The molecule has 0 aliphatic heterocycles. The molecular weight excluding hydrogens is 901 g/mol. The van der Waals surface area contributed by atoms with Crippen LogP contribution >= 0.6 is 0 Å². The van der Waals surface area contributed by atoms with Gasteiger partial charge in [-0.15, -0.1) is 69.8 Å². The van der Waals surface area contributed by atoms with Gasteiger partial charge in [-0.3, -0.25) is 4.79 Å². The van der Waals surface area contributed by atoms with E-state index < -0.39 is 0 Å². The molecule has 6 aromatic rings. The third-order valence-corrected chi connectivity index (χ3v) is 12.2. The van der Waals surface area contributed by atoms with E-state index in [9.17, 15) is 9.90 Å². The number of carbonyl (C=O) groups excluding carboxylic acids is 1. The second-order valence-electron chi connectivity index (χ2n) is 16.7. The van der Waals surface area contributed by atoms with Crippen molar-refractivity contribution in [1.29, 1.82) is 0 Å². The van der Waals surface area contributed by atoms with Crippen LogP contribution in [0.4, 0.5) is 0 Å². The number of fused-ring (bicyclic) bond motifs is 2. The average Bonchev–Trinajstić information content (AvgIpc) is 3.75. The first-order valence-electron chi connectivity index (χ1n) is 21.5. The Morgan fingerprint density at radius 3 is 1.68 bits per heavy atom. The number of hydrogen-bond acceptors (Lipinski definition) is 4. The first kappa shape index (κ1) is 47.2. The van der Waals surface area contributed by atoms with Crippen molar-refractivity contribution in [2.75, 3.05) is 0 Å². The molecule has 0 spiro atoms. The van der Waals surface area contributed by atoms with Crippen LogP contribution in [-0.2, 0) is 24.9 Å². The maximum atomic E-state index is 12.0. The number of hydrogen-bond donors (Lipinski definition) is 1. The first-order valence-corrected chi connectivity index (χ1v) is 21.5. The number of aliphatic hydroxyl groups excluding tert-OH is 1. The molecule has 0 unspecified atom stereocenters. The molecule has 2 aromatic heterocycles. The van der Waals surface area contributed by atoms with Gasteiger partial charge in [0.15, 0.2) is 5.78 Å². The Balaban J connectivity index is 0.000000198. The number of rotatable bonds is 10. The molecule has 2 heterocycles. The molecule has 0 bridgehead atoms. The van der Waals surface area contributed by atoms with Crippen LogP contribution in [0.2, 0.25) is 0 Å². The van der Waals surface area contributed by atoms with Crippen LogP contribution in [-0.4, -0.2) is 20.9 Å². The molecule has 1 radical (unpaired) electrons. The van der Waals surface area contributed by atoms with E-state index in [0.29, 0.717) is 0 Å². The van der Waals surface area contributed by atoms with Crippen molar-refractivity contribution in [3.05, 3.63) is 143 Å². The van der Waals surface area contributed by atoms with Crippen LogP contribution < -0.4 is 0 Å². The van der Waals surface area contributed by atoms with E-state index in [1.165, 1.54) is 81.1 Å². The Labute approximate surface area is 368 Å². The second kappa shape index (κ2) is 21.7. The van der Waals surface area contributed by atoms with Gasteiger partial charge in [0.25, 0.3) is 0 Å². The fourth-order valence-electron chi connectivity index (χ4n) is 8.21. The van der Waals surface area contributed by atoms with Crippen LogP contribution in [0.25, 0.3) is 44.1 Å². The smallest absolute Gasteiger partial charge is 0.164 e. The summed E-state index contributed by atoms with van der Waals surface area (Å²) in [5.41, 5.74) is 11.5. The number of nitrogens with zero attached hydrogens (tertiary/aromatic N) is 2. The fourth-order valence-corrected chi connectivity index (χ4v) is 8.21. The molecule has 4 nitrogen and oxygen atoms in total. The molecule has 0 saturated heterocycles. The molecule has 1 fully saturated rings. The van der Waals surface area contributed by atoms with Crippen molar-refractivity contribution >= 4 is 27.3 Å². The number of aliphatic hydroxyl groups is 1. The van der Waals surface area contributed by atoms with Crippen LogP contribution in [0.1, 0.15) is 125 Å². The maximum Gasteiger partial charge on any atom is 0.164 e. The number of ketones is 1. The van der Waals surface area contributed by atoms with Gasteiger partial charge in [-0.2, -0.15) is 0 Å². The number of benzene rings is 4. The molecule has 4 aromatic carbocycles. The van der Waals surface area contributed by atoms with Gasteiger partial charge >= 0.3 is 0 Å². The van der Waals surface area contributed by atoms with Crippen LogP contribution in [0.5, 0.6) is 0 Å². The summed E-state index contributed by atoms with van der Waals surface area (Å²) in [6.07, 6.45) is 14.1. The molecule has 59 heavy (non-hydrogen) atoms. The van der Waals surface area contributed by atoms with Gasteiger partial charge in [0.05, 0.1) is 5.76 Å². The van der Waals surface area contributed by atoms with Crippen molar-refractivity contribution < 1.29 is 30.0 Å². The monoisotopic (exact) mass is 965 g/mol. The van der Waals surface area contributed by atoms with E-state index in [2.05, 4.69) is 130 Å². The molecule has 1 aliphatic carbocycles. The normalized spacial score (nSPS) is 13.1. The molecule has 1 saturated carbocycles. The predicted molar refractivity (Wildman–Crippen MR) is 245 cm³/mol. The van der Waals surface area contributed by atoms with Crippen molar-refractivity contribution in [1.82, 2.24) is 9.97 Å². The number of aryl methyl sites for hydroxylation is 5. The zero-order chi connectivity index (χ0) is 42.0. The zero-order valence-corrected chi connectivity index (χ0v) is 39.5. The number of carbonyl (C=O) groups is 1. The summed E-state index contributed by atoms with van der Waals surface area (Å²) in [6, 6.07) is 33.1. The third-order valence-electron chi connectivity index (χ3n) is 12.2. The molecule has 0 atom stereocenters. The number of allylic oxidation sites excluding steroid dienone is 2. The van der Waals surface area contributed by atoms with Gasteiger partial charge < -0.3 is 15.1 Å². The quantitative estimate of drug-likeness (QED) is 0.0844. The summed E-state index contributed by atoms with van der Waals surface area (Å²) in [4.78, 5) is 21.3. The second-order valence-corrected chi connectivity index (χ2v) is 16.7. The summed E-state index contributed by atoms with van der Waals surface area (Å²) in [5.74, 6) is 1.19. The van der Waals surface area contributed by atoms with Crippen LogP contribution in [0.3, 0.4) is 0 Å². The first-order chi connectivity index (χ1) is 27.8. The molecule has 7 rings (SSSR count). The third kappa shape index (κ3) is 12.1. The number of aromatic nitrogens is 2.